The molecule has 0 aromatic heterocycles. The molecule has 1 saturated carbocycles. The van der Waals surface area contributed by atoms with E-state index in [1.165, 1.54) is 0 Å². The zero-order valence-electron chi connectivity index (χ0n) is 11.8. The summed E-state index contributed by atoms with van der Waals surface area (Å²) >= 11 is 0. The molecule has 0 atom stereocenters. The Hall–Kier alpha value is -2.09. The fourth-order valence-corrected chi connectivity index (χ4v) is 2.34. The number of carbonyl (C=O) groups is 1. The lowest BCUT2D eigenvalue weighted by atomic mass is 9.99. The van der Waals surface area contributed by atoms with Gasteiger partial charge in [-0.15, -0.1) is 0 Å². The van der Waals surface area contributed by atoms with Crippen LogP contribution in [0.2, 0.25) is 0 Å². The highest BCUT2D eigenvalue weighted by atomic mass is 16.5. The summed E-state index contributed by atoms with van der Waals surface area (Å²) in [6.07, 6.45) is 2.67. The van der Waals surface area contributed by atoms with Gasteiger partial charge in [-0.1, -0.05) is 17.2 Å². The van der Waals surface area contributed by atoms with E-state index in [4.69, 9.17) is 4.74 Å². The minimum atomic E-state index is 0.0646. The van der Waals surface area contributed by atoms with Crippen LogP contribution in [0.3, 0.4) is 0 Å². The predicted octanol–water partition coefficient (Wildman–Crippen LogP) is 4.08. The molecule has 2 nitrogen and oxygen atoms in total. The molecule has 0 heterocycles. The van der Waals surface area contributed by atoms with Crippen LogP contribution in [0.15, 0.2) is 42.5 Å². The smallest absolute Gasteiger partial charge is 0.193 e. The van der Waals surface area contributed by atoms with Crippen LogP contribution in [0, 0.1) is 13.8 Å². The van der Waals surface area contributed by atoms with E-state index in [-0.39, 0.29) is 5.78 Å². The highest BCUT2D eigenvalue weighted by molar-refractivity contribution is 6.09. The minimum absolute atomic E-state index is 0.0646. The maximum atomic E-state index is 12.5. The fraction of sp³-hybridized carbons (Fsp3) is 0.278. The minimum Gasteiger partial charge on any atom is -0.490 e. The summed E-state index contributed by atoms with van der Waals surface area (Å²) in [5.74, 6) is 0.916. The summed E-state index contributed by atoms with van der Waals surface area (Å²) in [6, 6.07) is 13.4. The van der Waals surface area contributed by atoms with Crippen LogP contribution in [-0.2, 0) is 0 Å². The van der Waals surface area contributed by atoms with Crippen molar-refractivity contribution in [3.8, 4) is 5.75 Å². The number of ketones is 1. The Morgan fingerprint density at radius 2 is 1.55 bits per heavy atom. The fourth-order valence-electron chi connectivity index (χ4n) is 2.34. The highest BCUT2D eigenvalue weighted by Crippen LogP contribution is 2.27. The van der Waals surface area contributed by atoms with Crippen molar-refractivity contribution >= 4 is 5.78 Å². The molecule has 102 valence electrons. The lowest BCUT2D eigenvalue weighted by molar-refractivity contribution is 0.103. The van der Waals surface area contributed by atoms with E-state index in [0.29, 0.717) is 11.7 Å². The van der Waals surface area contributed by atoms with Crippen LogP contribution < -0.4 is 4.74 Å². The first kappa shape index (κ1) is 12.9. The number of aryl methyl sites for hydroxylation is 2. The predicted molar refractivity (Wildman–Crippen MR) is 79.4 cm³/mol. The second-order valence-electron chi connectivity index (χ2n) is 5.55. The summed E-state index contributed by atoms with van der Waals surface area (Å²) in [7, 11) is 0. The van der Waals surface area contributed by atoms with Gasteiger partial charge < -0.3 is 4.74 Å². The molecule has 1 fully saturated rings. The molecule has 0 bridgehead atoms. The molecule has 2 aromatic carbocycles. The van der Waals surface area contributed by atoms with E-state index < -0.39 is 0 Å². The van der Waals surface area contributed by atoms with Crippen molar-refractivity contribution < 1.29 is 9.53 Å². The van der Waals surface area contributed by atoms with Crippen LogP contribution in [0.5, 0.6) is 5.75 Å². The monoisotopic (exact) mass is 266 g/mol. The largest absolute Gasteiger partial charge is 0.490 e. The summed E-state index contributed by atoms with van der Waals surface area (Å²) in [5.41, 5.74) is 3.68. The van der Waals surface area contributed by atoms with Crippen LogP contribution >= 0.6 is 0 Å². The Morgan fingerprint density at radius 1 is 0.950 bits per heavy atom. The first-order valence-corrected chi connectivity index (χ1v) is 7.01. The first-order valence-electron chi connectivity index (χ1n) is 7.01. The number of hydrogen-bond donors (Lipinski definition) is 0. The number of ether oxygens (including phenoxy) is 1. The zero-order valence-corrected chi connectivity index (χ0v) is 11.8. The lowest BCUT2D eigenvalue weighted by Crippen LogP contribution is -2.03. The molecule has 0 saturated heterocycles. The van der Waals surface area contributed by atoms with E-state index in [0.717, 1.165) is 35.3 Å². The van der Waals surface area contributed by atoms with Crippen molar-refractivity contribution in [3.63, 3.8) is 0 Å². The van der Waals surface area contributed by atoms with E-state index in [2.05, 4.69) is 6.07 Å². The summed E-state index contributed by atoms with van der Waals surface area (Å²) in [4.78, 5) is 12.5. The van der Waals surface area contributed by atoms with Gasteiger partial charge >= 0.3 is 0 Å². The van der Waals surface area contributed by atoms with Crippen LogP contribution in [0.25, 0.3) is 0 Å². The van der Waals surface area contributed by atoms with E-state index in [1.807, 2.05) is 50.2 Å². The maximum Gasteiger partial charge on any atom is 0.193 e. The SMILES string of the molecule is Cc1cc(C)cc(C(=O)c2ccc(OC3CC3)cc2)c1. The molecule has 3 rings (SSSR count). The molecular formula is C18H18O2. The number of benzene rings is 2. The third-order valence-corrected chi connectivity index (χ3v) is 3.43. The van der Waals surface area contributed by atoms with Crippen molar-refractivity contribution in [2.45, 2.75) is 32.8 Å². The molecule has 20 heavy (non-hydrogen) atoms. The van der Waals surface area contributed by atoms with Crippen LogP contribution in [-0.4, -0.2) is 11.9 Å². The second-order valence-corrected chi connectivity index (χ2v) is 5.55. The third kappa shape index (κ3) is 2.90. The van der Waals surface area contributed by atoms with Gasteiger partial charge in [-0.05, 0) is 63.1 Å². The summed E-state index contributed by atoms with van der Waals surface area (Å²) in [6.45, 7) is 4.02. The van der Waals surface area contributed by atoms with Gasteiger partial charge in [0, 0.05) is 11.1 Å². The Morgan fingerprint density at radius 3 is 2.10 bits per heavy atom. The summed E-state index contributed by atoms with van der Waals surface area (Å²) in [5, 5.41) is 0. The van der Waals surface area contributed by atoms with Crippen molar-refractivity contribution in [1.82, 2.24) is 0 Å². The molecule has 1 aliphatic carbocycles. The first-order chi connectivity index (χ1) is 9.61. The van der Waals surface area contributed by atoms with Gasteiger partial charge in [-0.25, -0.2) is 0 Å². The van der Waals surface area contributed by atoms with Gasteiger partial charge in [0.15, 0.2) is 5.78 Å². The molecule has 2 heteroatoms. The molecular weight excluding hydrogens is 248 g/mol. The average Bonchev–Trinajstić information content (AvgIpc) is 3.22. The Kier molecular flexibility index (Phi) is 3.31. The van der Waals surface area contributed by atoms with Gasteiger partial charge in [0.05, 0.1) is 6.10 Å². The number of carbonyl (C=O) groups excluding carboxylic acids is 1. The quantitative estimate of drug-likeness (QED) is 0.780. The van der Waals surface area contributed by atoms with Crippen molar-refractivity contribution in [1.29, 1.82) is 0 Å². The molecule has 0 unspecified atom stereocenters. The molecule has 0 spiro atoms. The molecule has 0 radical (unpaired) electrons. The second kappa shape index (κ2) is 5.12. The Labute approximate surface area is 119 Å². The van der Waals surface area contributed by atoms with Gasteiger partial charge in [-0.3, -0.25) is 4.79 Å². The van der Waals surface area contributed by atoms with Crippen LogP contribution in [0.1, 0.15) is 39.9 Å². The molecule has 0 aliphatic heterocycles. The molecule has 0 N–H and O–H groups in total. The molecule has 0 amide bonds. The average molecular weight is 266 g/mol. The van der Waals surface area contributed by atoms with E-state index in [9.17, 15) is 4.79 Å². The highest BCUT2D eigenvalue weighted by Gasteiger charge is 2.23. The van der Waals surface area contributed by atoms with E-state index >= 15 is 0 Å². The van der Waals surface area contributed by atoms with Crippen molar-refractivity contribution in [3.05, 3.63) is 64.7 Å². The Bertz CT molecular complexity index is 617. The maximum absolute atomic E-state index is 12.5. The topological polar surface area (TPSA) is 26.3 Å². The molecule has 1 aliphatic rings. The van der Waals surface area contributed by atoms with Gasteiger partial charge in [0.1, 0.15) is 5.75 Å². The van der Waals surface area contributed by atoms with Crippen molar-refractivity contribution in [2.75, 3.05) is 0 Å². The normalized spacial score (nSPS) is 14.1. The number of rotatable bonds is 4. The lowest BCUT2D eigenvalue weighted by Gasteiger charge is -2.07. The number of hydrogen-bond acceptors (Lipinski definition) is 2. The van der Waals surface area contributed by atoms with E-state index in [1.54, 1.807) is 0 Å². The van der Waals surface area contributed by atoms with Crippen LogP contribution in [0.4, 0.5) is 0 Å². The van der Waals surface area contributed by atoms with Crippen molar-refractivity contribution in [2.24, 2.45) is 0 Å². The summed E-state index contributed by atoms with van der Waals surface area (Å²) < 4.78 is 5.69. The Balaban J connectivity index is 1.81. The zero-order chi connectivity index (χ0) is 14.1. The van der Waals surface area contributed by atoms with Gasteiger partial charge in [0.25, 0.3) is 0 Å². The molecule has 2 aromatic rings. The standard InChI is InChI=1S/C18H18O2/c1-12-9-13(2)11-15(10-12)18(19)14-3-5-16(6-4-14)20-17-7-8-17/h3-6,9-11,17H,7-8H2,1-2H3. The van der Waals surface area contributed by atoms with Gasteiger partial charge in [-0.2, -0.15) is 0 Å². The third-order valence-electron chi connectivity index (χ3n) is 3.43. The van der Waals surface area contributed by atoms with Gasteiger partial charge in [0.2, 0.25) is 0 Å².